The van der Waals surface area contributed by atoms with Crippen molar-refractivity contribution in [3.05, 3.63) is 65.0 Å². The number of aryl methyl sites for hydroxylation is 1. The summed E-state index contributed by atoms with van der Waals surface area (Å²) in [5.41, 5.74) is 2.28. The van der Waals surface area contributed by atoms with Crippen LogP contribution in [0.5, 0.6) is 0 Å². The van der Waals surface area contributed by atoms with Gasteiger partial charge in [0.1, 0.15) is 5.82 Å². The number of hydrogen-bond donors (Lipinski definition) is 1. The average molecular weight is 358 g/mol. The van der Waals surface area contributed by atoms with Crippen LogP contribution >= 0.6 is 11.8 Å². The number of nitrogens with one attached hydrogen (secondary N) is 1. The van der Waals surface area contributed by atoms with Crippen LogP contribution in [0.15, 0.2) is 42.5 Å². The Bertz CT molecular complexity index is 836. The molecule has 3 rings (SSSR count). The van der Waals surface area contributed by atoms with Crippen molar-refractivity contribution < 1.29 is 18.8 Å². The fraction of sp³-hybridized carbons (Fsp3) is 0.167. The number of carbonyl (C=O) groups is 3. The molecule has 0 aliphatic carbocycles. The van der Waals surface area contributed by atoms with Crippen LogP contribution in [0.3, 0.4) is 0 Å². The first-order valence-electron chi connectivity index (χ1n) is 7.57. The van der Waals surface area contributed by atoms with Gasteiger partial charge >= 0.3 is 0 Å². The van der Waals surface area contributed by atoms with Crippen molar-refractivity contribution in [2.24, 2.45) is 0 Å². The van der Waals surface area contributed by atoms with Crippen LogP contribution in [0.1, 0.15) is 21.5 Å². The molecule has 0 saturated carbocycles. The molecular weight excluding hydrogens is 343 g/mol. The molecule has 0 unspecified atom stereocenters. The van der Waals surface area contributed by atoms with Gasteiger partial charge in [0, 0.05) is 11.3 Å². The first-order valence-corrected chi connectivity index (χ1v) is 8.56. The molecule has 1 aliphatic heterocycles. The highest BCUT2D eigenvalue weighted by Crippen LogP contribution is 2.22. The number of nitrogens with zero attached hydrogens (tertiary/aromatic N) is 1. The zero-order valence-corrected chi connectivity index (χ0v) is 14.2. The summed E-state index contributed by atoms with van der Waals surface area (Å²) in [6, 6.07) is 10.9. The molecule has 0 aromatic heterocycles. The summed E-state index contributed by atoms with van der Waals surface area (Å²) in [4.78, 5) is 36.7. The van der Waals surface area contributed by atoms with Crippen LogP contribution in [-0.2, 0) is 11.3 Å². The Balaban J connectivity index is 1.68. The topological polar surface area (TPSA) is 66.5 Å². The van der Waals surface area contributed by atoms with Crippen molar-refractivity contribution in [2.45, 2.75) is 13.5 Å². The van der Waals surface area contributed by atoms with Crippen molar-refractivity contribution >= 4 is 34.5 Å². The maximum absolute atomic E-state index is 13.3. The Morgan fingerprint density at radius 3 is 2.56 bits per heavy atom. The minimum absolute atomic E-state index is 0.181. The molecule has 1 heterocycles. The zero-order chi connectivity index (χ0) is 18.0. The quantitative estimate of drug-likeness (QED) is 0.907. The number of halogens is 1. The largest absolute Gasteiger partial charge is 0.322 e. The molecule has 2 aromatic rings. The van der Waals surface area contributed by atoms with Crippen LogP contribution in [-0.4, -0.2) is 27.7 Å². The third-order valence-corrected chi connectivity index (χ3v) is 4.70. The lowest BCUT2D eigenvalue weighted by Gasteiger charge is -2.13. The first-order chi connectivity index (χ1) is 11.9. The van der Waals surface area contributed by atoms with E-state index in [2.05, 4.69) is 5.32 Å². The van der Waals surface area contributed by atoms with Crippen LogP contribution in [0.4, 0.5) is 14.9 Å². The van der Waals surface area contributed by atoms with Gasteiger partial charge in [-0.25, -0.2) is 4.39 Å². The summed E-state index contributed by atoms with van der Waals surface area (Å²) in [6.07, 6.45) is 0. The van der Waals surface area contributed by atoms with Gasteiger partial charge in [0.25, 0.3) is 11.1 Å². The van der Waals surface area contributed by atoms with Gasteiger partial charge in [-0.15, -0.1) is 0 Å². The highest BCUT2D eigenvalue weighted by Gasteiger charge is 2.29. The lowest BCUT2D eigenvalue weighted by molar-refractivity contribution is -0.125. The van der Waals surface area contributed by atoms with Crippen molar-refractivity contribution in [3.8, 4) is 0 Å². The Morgan fingerprint density at radius 2 is 1.92 bits per heavy atom. The van der Waals surface area contributed by atoms with Crippen molar-refractivity contribution in [3.63, 3.8) is 0 Å². The molecule has 0 atom stereocenters. The molecule has 2 aromatic carbocycles. The van der Waals surface area contributed by atoms with Gasteiger partial charge in [0.05, 0.1) is 12.3 Å². The minimum atomic E-state index is -0.469. The number of carbonyl (C=O) groups excluding carboxylic acids is 3. The van der Waals surface area contributed by atoms with Crippen LogP contribution in [0.2, 0.25) is 0 Å². The van der Waals surface area contributed by atoms with E-state index in [0.717, 1.165) is 17.3 Å². The Morgan fingerprint density at radius 1 is 1.20 bits per heavy atom. The summed E-state index contributed by atoms with van der Waals surface area (Å²) >= 11 is 0.994. The van der Waals surface area contributed by atoms with Crippen LogP contribution in [0, 0.1) is 12.7 Å². The fourth-order valence-electron chi connectivity index (χ4n) is 2.45. The van der Waals surface area contributed by atoms with E-state index < -0.39 is 11.7 Å². The predicted octanol–water partition coefficient (Wildman–Crippen LogP) is 3.58. The first kappa shape index (κ1) is 17.2. The van der Waals surface area contributed by atoms with Gasteiger partial charge in [-0.1, -0.05) is 30.0 Å². The maximum Gasteiger partial charge on any atom is 0.289 e. The lowest BCUT2D eigenvalue weighted by atomic mass is 10.1. The molecule has 0 radical (unpaired) electrons. The number of anilines is 1. The van der Waals surface area contributed by atoms with Crippen molar-refractivity contribution in [2.75, 3.05) is 11.1 Å². The molecular formula is C18H15FN2O3S. The molecule has 1 saturated heterocycles. The average Bonchev–Trinajstić information content (AvgIpc) is 2.90. The van der Waals surface area contributed by atoms with E-state index in [0.29, 0.717) is 11.3 Å². The summed E-state index contributed by atoms with van der Waals surface area (Å²) in [5, 5.41) is 2.46. The van der Waals surface area contributed by atoms with E-state index in [-0.39, 0.29) is 29.0 Å². The molecule has 1 fully saturated rings. The molecule has 128 valence electrons. The highest BCUT2D eigenvalue weighted by molar-refractivity contribution is 8.14. The number of imide groups is 1. The molecule has 25 heavy (non-hydrogen) atoms. The van der Waals surface area contributed by atoms with Crippen LogP contribution in [0.25, 0.3) is 0 Å². The lowest BCUT2D eigenvalue weighted by Crippen LogP contribution is -2.27. The Hall–Kier alpha value is -2.67. The molecule has 5 nitrogen and oxygen atoms in total. The SMILES string of the molecule is Cc1ccc(F)cc1C(=O)Nc1ccc(CN2C(=O)CSC2=O)cc1. The van der Waals surface area contributed by atoms with Gasteiger partial charge in [0.2, 0.25) is 5.91 Å². The summed E-state index contributed by atoms with van der Waals surface area (Å²) in [6.45, 7) is 1.95. The number of thioether (sulfide) groups is 1. The van der Waals surface area contributed by atoms with Crippen molar-refractivity contribution in [1.29, 1.82) is 0 Å². The Kier molecular flexibility index (Phi) is 4.85. The van der Waals surface area contributed by atoms with E-state index in [9.17, 15) is 18.8 Å². The monoisotopic (exact) mass is 358 g/mol. The predicted molar refractivity (Wildman–Crippen MR) is 93.9 cm³/mol. The van der Waals surface area contributed by atoms with Crippen molar-refractivity contribution in [1.82, 2.24) is 4.90 Å². The maximum atomic E-state index is 13.3. The molecule has 1 N–H and O–H groups in total. The fourth-order valence-corrected chi connectivity index (χ4v) is 3.17. The van der Waals surface area contributed by atoms with Gasteiger partial charge in [-0.2, -0.15) is 0 Å². The second-order valence-corrected chi connectivity index (χ2v) is 6.57. The molecule has 0 spiro atoms. The second kappa shape index (κ2) is 7.06. The number of rotatable bonds is 4. The second-order valence-electron chi connectivity index (χ2n) is 5.64. The van der Waals surface area contributed by atoms with Gasteiger partial charge in [-0.3, -0.25) is 19.3 Å². The summed E-state index contributed by atoms with van der Waals surface area (Å²) in [7, 11) is 0. The van der Waals surface area contributed by atoms with E-state index >= 15 is 0 Å². The number of amides is 3. The smallest absolute Gasteiger partial charge is 0.289 e. The number of benzene rings is 2. The highest BCUT2D eigenvalue weighted by atomic mass is 32.2. The normalized spacial score (nSPS) is 14.1. The van der Waals surface area contributed by atoms with Gasteiger partial charge in [0.15, 0.2) is 0 Å². The van der Waals surface area contributed by atoms with E-state index in [1.54, 1.807) is 37.3 Å². The zero-order valence-electron chi connectivity index (χ0n) is 13.4. The van der Waals surface area contributed by atoms with Gasteiger partial charge < -0.3 is 5.32 Å². The standard InChI is InChI=1S/C18H15FN2O3S/c1-11-2-5-13(19)8-15(11)17(23)20-14-6-3-12(4-7-14)9-21-16(22)10-25-18(21)24/h2-8H,9-10H2,1H3,(H,20,23). The van der Waals surface area contributed by atoms with Gasteiger partial charge in [-0.05, 0) is 42.3 Å². The van der Waals surface area contributed by atoms with Crippen LogP contribution < -0.4 is 5.32 Å². The van der Waals surface area contributed by atoms with E-state index in [1.807, 2.05) is 0 Å². The third kappa shape index (κ3) is 3.88. The third-order valence-electron chi connectivity index (χ3n) is 3.84. The molecule has 0 bridgehead atoms. The van der Waals surface area contributed by atoms with E-state index in [4.69, 9.17) is 0 Å². The number of hydrogen-bond acceptors (Lipinski definition) is 4. The summed E-state index contributed by atoms with van der Waals surface area (Å²) in [5.74, 6) is -0.885. The Labute approximate surface area is 148 Å². The minimum Gasteiger partial charge on any atom is -0.322 e. The summed E-state index contributed by atoms with van der Waals surface area (Å²) < 4.78 is 13.3. The van der Waals surface area contributed by atoms with E-state index in [1.165, 1.54) is 17.0 Å². The molecule has 1 aliphatic rings. The molecule has 7 heteroatoms. The molecule has 3 amide bonds.